The first-order valence-electron chi connectivity index (χ1n) is 4.98. The van der Waals surface area contributed by atoms with E-state index in [0.29, 0.717) is 0 Å². The summed E-state index contributed by atoms with van der Waals surface area (Å²) in [6.07, 6.45) is 1.38. The molecule has 2 unspecified atom stereocenters. The van der Waals surface area contributed by atoms with Crippen molar-refractivity contribution >= 4 is 21.8 Å². The lowest BCUT2D eigenvalue weighted by atomic mass is 10.2. The Balaban J connectivity index is 2.32. The minimum atomic E-state index is -3.20. The van der Waals surface area contributed by atoms with Gasteiger partial charge in [0.2, 0.25) is 0 Å². The number of carbonyl (C=O) groups excluding carboxylic acids is 1. The highest BCUT2D eigenvalue weighted by atomic mass is 32.2. The molecule has 8 heteroatoms. The lowest BCUT2D eigenvalue weighted by molar-refractivity contribution is -0.140. The van der Waals surface area contributed by atoms with E-state index in [1.165, 1.54) is 13.0 Å². The third-order valence-electron chi connectivity index (χ3n) is 2.24. The zero-order valence-corrected chi connectivity index (χ0v) is 10.0. The van der Waals surface area contributed by atoms with Crippen molar-refractivity contribution < 1.29 is 23.1 Å². The van der Waals surface area contributed by atoms with E-state index in [-0.39, 0.29) is 12.3 Å². The average molecular weight is 262 g/mol. The molecule has 1 rings (SSSR count). The number of rotatable bonds is 4. The maximum absolute atomic E-state index is 11.3. The minimum absolute atomic E-state index is 0.00957. The van der Waals surface area contributed by atoms with Gasteiger partial charge in [-0.1, -0.05) is 6.92 Å². The zero-order chi connectivity index (χ0) is 13.1. The van der Waals surface area contributed by atoms with Crippen molar-refractivity contribution in [2.45, 2.75) is 13.0 Å². The van der Waals surface area contributed by atoms with Crippen molar-refractivity contribution in [3.05, 3.63) is 11.5 Å². The Morgan fingerprint density at radius 1 is 1.53 bits per heavy atom. The van der Waals surface area contributed by atoms with E-state index in [9.17, 15) is 18.0 Å². The van der Waals surface area contributed by atoms with E-state index in [1.807, 2.05) is 0 Å². The van der Waals surface area contributed by atoms with E-state index >= 15 is 0 Å². The molecule has 0 aromatic rings. The molecule has 2 amide bonds. The number of carbonyl (C=O) groups is 2. The van der Waals surface area contributed by atoms with Crippen LogP contribution in [-0.4, -0.2) is 43.9 Å². The van der Waals surface area contributed by atoms with Gasteiger partial charge in [-0.2, -0.15) is 0 Å². The number of aliphatic carboxylic acids is 1. The Kier molecular flexibility index (Phi) is 4.11. The summed E-state index contributed by atoms with van der Waals surface area (Å²) in [5.74, 6) is -1.85. The molecule has 3 N–H and O–H groups in total. The summed E-state index contributed by atoms with van der Waals surface area (Å²) in [4.78, 5) is 21.8. The zero-order valence-electron chi connectivity index (χ0n) is 9.21. The highest BCUT2D eigenvalue weighted by Gasteiger charge is 2.23. The number of hydrogen-bond acceptors (Lipinski definition) is 4. The van der Waals surface area contributed by atoms with Crippen LogP contribution in [0.3, 0.4) is 0 Å². The Bertz CT molecular complexity index is 442. The summed E-state index contributed by atoms with van der Waals surface area (Å²) in [5, 5.41) is 14.4. The maximum Gasteiger partial charge on any atom is 0.315 e. The van der Waals surface area contributed by atoms with Gasteiger partial charge in [0.15, 0.2) is 9.84 Å². The van der Waals surface area contributed by atoms with Crippen molar-refractivity contribution in [1.29, 1.82) is 0 Å². The summed E-state index contributed by atoms with van der Waals surface area (Å²) in [6, 6.07) is -1.13. The SMILES string of the molecule is CC(CNC(=O)NC1C=CS(=O)(=O)C1)C(=O)O. The molecule has 1 heterocycles. The summed E-state index contributed by atoms with van der Waals surface area (Å²) in [7, 11) is -3.20. The second kappa shape index (κ2) is 5.17. The van der Waals surface area contributed by atoms with Crippen LogP contribution in [0.5, 0.6) is 0 Å². The monoisotopic (exact) mass is 262 g/mol. The standard InChI is InChI=1S/C9H14N2O5S/c1-6(8(12)13)4-10-9(14)11-7-2-3-17(15,16)5-7/h2-3,6-7H,4-5H2,1H3,(H,12,13)(H2,10,11,14). The first-order chi connectivity index (χ1) is 7.80. The Morgan fingerprint density at radius 3 is 2.65 bits per heavy atom. The highest BCUT2D eigenvalue weighted by molar-refractivity contribution is 7.94. The largest absolute Gasteiger partial charge is 0.481 e. The second-order valence-electron chi connectivity index (χ2n) is 3.86. The molecule has 1 aliphatic rings. The lowest BCUT2D eigenvalue weighted by Gasteiger charge is -2.12. The molecule has 0 bridgehead atoms. The maximum atomic E-state index is 11.3. The molecule has 1 aliphatic heterocycles. The van der Waals surface area contributed by atoms with Gasteiger partial charge >= 0.3 is 12.0 Å². The molecule has 0 aromatic carbocycles. The number of sulfone groups is 1. The second-order valence-corrected chi connectivity index (χ2v) is 5.79. The van der Waals surface area contributed by atoms with Gasteiger partial charge in [0.1, 0.15) is 0 Å². The average Bonchev–Trinajstić information content (AvgIpc) is 2.54. The fraction of sp³-hybridized carbons (Fsp3) is 0.556. The lowest BCUT2D eigenvalue weighted by Crippen LogP contribution is -2.44. The first kappa shape index (κ1) is 13.5. The van der Waals surface area contributed by atoms with Crippen LogP contribution in [0.2, 0.25) is 0 Å². The number of amides is 2. The predicted molar refractivity (Wildman–Crippen MR) is 60.0 cm³/mol. The molecule has 96 valence electrons. The topological polar surface area (TPSA) is 113 Å². The fourth-order valence-corrected chi connectivity index (χ4v) is 2.45. The van der Waals surface area contributed by atoms with Gasteiger partial charge in [0.25, 0.3) is 0 Å². The van der Waals surface area contributed by atoms with Crippen LogP contribution in [0, 0.1) is 5.92 Å². The number of urea groups is 1. The summed E-state index contributed by atoms with van der Waals surface area (Å²) in [6.45, 7) is 1.45. The number of carboxylic acid groups (broad SMARTS) is 1. The number of nitrogens with one attached hydrogen (secondary N) is 2. The van der Waals surface area contributed by atoms with Gasteiger partial charge in [-0.25, -0.2) is 13.2 Å². The van der Waals surface area contributed by atoms with E-state index < -0.39 is 33.8 Å². The van der Waals surface area contributed by atoms with E-state index in [1.54, 1.807) is 0 Å². The third kappa shape index (κ3) is 4.43. The van der Waals surface area contributed by atoms with Crippen LogP contribution in [0.15, 0.2) is 11.5 Å². The van der Waals surface area contributed by atoms with E-state index in [2.05, 4.69) is 10.6 Å². The first-order valence-corrected chi connectivity index (χ1v) is 6.70. The molecular weight excluding hydrogens is 248 g/mol. The molecule has 7 nitrogen and oxygen atoms in total. The van der Waals surface area contributed by atoms with Gasteiger partial charge in [0, 0.05) is 12.0 Å². The van der Waals surface area contributed by atoms with Crippen LogP contribution in [-0.2, 0) is 14.6 Å². The minimum Gasteiger partial charge on any atom is -0.481 e. The van der Waals surface area contributed by atoms with Crippen LogP contribution < -0.4 is 10.6 Å². The fourth-order valence-electron chi connectivity index (χ4n) is 1.22. The molecule has 0 fully saturated rings. The van der Waals surface area contributed by atoms with Gasteiger partial charge in [0.05, 0.1) is 17.7 Å². The Hall–Kier alpha value is -1.57. The molecule has 0 aromatic heterocycles. The smallest absolute Gasteiger partial charge is 0.315 e. The summed E-state index contributed by atoms with van der Waals surface area (Å²) in [5.41, 5.74) is 0. The van der Waals surface area contributed by atoms with Crippen LogP contribution >= 0.6 is 0 Å². The summed E-state index contributed by atoms with van der Waals surface area (Å²) >= 11 is 0. The van der Waals surface area contributed by atoms with E-state index in [4.69, 9.17) is 5.11 Å². The van der Waals surface area contributed by atoms with Crippen molar-refractivity contribution in [1.82, 2.24) is 10.6 Å². The molecule has 0 aliphatic carbocycles. The molecule has 0 saturated heterocycles. The van der Waals surface area contributed by atoms with Gasteiger partial charge in [-0.15, -0.1) is 0 Å². The van der Waals surface area contributed by atoms with Crippen molar-refractivity contribution in [3.63, 3.8) is 0 Å². The van der Waals surface area contributed by atoms with Crippen molar-refractivity contribution in [3.8, 4) is 0 Å². The molecule has 0 radical (unpaired) electrons. The Morgan fingerprint density at radius 2 is 2.18 bits per heavy atom. The predicted octanol–water partition coefficient (Wildman–Crippen LogP) is -0.683. The molecule has 2 atom stereocenters. The highest BCUT2D eigenvalue weighted by Crippen LogP contribution is 2.07. The van der Waals surface area contributed by atoms with Gasteiger partial charge < -0.3 is 15.7 Å². The Labute approximate surface area is 98.8 Å². The number of hydrogen-bond donors (Lipinski definition) is 3. The van der Waals surface area contributed by atoms with Crippen molar-refractivity contribution in [2.75, 3.05) is 12.3 Å². The quantitative estimate of drug-likeness (QED) is 0.621. The number of carboxylic acids is 1. The molecule has 0 spiro atoms. The van der Waals surface area contributed by atoms with Crippen LogP contribution in [0.25, 0.3) is 0 Å². The molecular formula is C9H14N2O5S. The van der Waals surface area contributed by atoms with Gasteiger partial charge in [-0.05, 0) is 6.08 Å². The van der Waals surface area contributed by atoms with Gasteiger partial charge in [-0.3, -0.25) is 4.79 Å². The molecule has 17 heavy (non-hydrogen) atoms. The molecule has 0 saturated carbocycles. The summed E-state index contributed by atoms with van der Waals surface area (Å²) < 4.78 is 22.1. The van der Waals surface area contributed by atoms with Crippen LogP contribution in [0.4, 0.5) is 4.79 Å². The van der Waals surface area contributed by atoms with Crippen LogP contribution in [0.1, 0.15) is 6.92 Å². The normalized spacial score (nSPS) is 23.0. The van der Waals surface area contributed by atoms with E-state index in [0.717, 1.165) is 5.41 Å². The third-order valence-corrected chi connectivity index (χ3v) is 3.63. The van der Waals surface area contributed by atoms with Crippen molar-refractivity contribution in [2.24, 2.45) is 5.92 Å².